The number of benzene rings is 1. The lowest BCUT2D eigenvalue weighted by Gasteiger charge is -2.20. The van der Waals surface area contributed by atoms with E-state index in [1.54, 1.807) is 12.1 Å². The highest BCUT2D eigenvalue weighted by atomic mass is 19.4. The summed E-state index contributed by atoms with van der Waals surface area (Å²) in [6, 6.07) is 5.67. The summed E-state index contributed by atoms with van der Waals surface area (Å²) < 4.78 is 40.3. The van der Waals surface area contributed by atoms with Crippen LogP contribution in [-0.2, 0) is 0 Å². The summed E-state index contributed by atoms with van der Waals surface area (Å²) >= 11 is 0. The summed E-state index contributed by atoms with van der Waals surface area (Å²) in [4.78, 5) is 0. The maximum Gasteiger partial charge on any atom is 0.573 e. The molecule has 0 bridgehead atoms. The van der Waals surface area contributed by atoms with Gasteiger partial charge in [-0.05, 0) is 43.4 Å². The molecule has 1 aliphatic rings. The molecule has 0 saturated carbocycles. The van der Waals surface area contributed by atoms with E-state index in [0.717, 1.165) is 24.8 Å². The molecule has 3 N–H and O–H groups in total. The van der Waals surface area contributed by atoms with Crippen LogP contribution < -0.4 is 16.0 Å². The lowest BCUT2D eigenvalue weighted by molar-refractivity contribution is -0.274. The molecule has 0 radical (unpaired) electrons. The zero-order valence-corrected chi connectivity index (χ0v) is 11.6. The van der Waals surface area contributed by atoms with Crippen molar-refractivity contribution in [2.24, 2.45) is 5.84 Å². The van der Waals surface area contributed by atoms with E-state index in [4.69, 9.17) is 5.84 Å². The van der Waals surface area contributed by atoms with Crippen LogP contribution in [0, 0.1) is 0 Å². The normalized spacial score (nSPS) is 17.8. The molecule has 0 amide bonds. The molecule has 0 fully saturated rings. The predicted molar refractivity (Wildman–Crippen MR) is 74.4 cm³/mol. The molecule has 6 heteroatoms. The van der Waals surface area contributed by atoms with Gasteiger partial charge in [-0.15, -0.1) is 13.2 Å². The van der Waals surface area contributed by atoms with Gasteiger partial charge in [0, 0.05) is 0 Å². The molecule has 1 aromatic rings. The number of allylic oxidation sites excluding steroid dienone is 1. The number of nitrogens with two attached hydrogens (primary N) is 1. The molecule has 1 unspecified atom stereocenters. The largest absolute Gasteiger partial charge is 0.573 e. The number of ether oxygens (including phenoxy) is 1. The van der Waals surface area contributed by atoms with Gasteiger partial charge in [0.1, 0.15) is 5.75 Å². The molecule has 0 aromatic heterocycles. The molecule has 0 heterocycles. The van der Waals surface area contributed by atoms with Gasteiger partial charge in [-0.3, -0.25) is 5.84 Å². The number of hydrogen-bond donors (Lipinski definition) is 2. The fourth-order valence-corrected chi connectivity index (χ4v) is 2.58. The number of hydrazine groups is 1. The highest BCUT2D eigenvalue weighted by Crippen LogP contribution is 2.30. The van der Waals surface area contributed by atoms with Crippen molar-refractivity contribution < 1.29 is 17.9 Å². The van der Waals surface area contributed by atoms with Crippen molar-refractivity contribution >= 4 is 0 Å². The topological polar surface area (TPSA) is 47.3 Å². The van der Waals surface area contributed by atoms with E-state index in [9.17, 15) is 13.2 Å². The summed E-state index contributed by atoms with van der Waals surface area (Å²) in [7, 11) is 0. The van der Waals surface area contributed by atoms with Crippen LogP contribution in [-0.4, -0.2) is 6.36 Å². The monoisotopic (exact) mass is 300 g/mol. The fraction of sp³-hybridized carbons (Fsp3) is 0.467. The summed E-state index contributed by atoms with van der Waals surface area (Å²) in [6.45, 7) is 0. The van der Waals surface area contributed by atoms with Crippen molar-refractivity contribution in [2.45, 2.75) is 44.5 Å². The van der Waals surface area contributed by atoms with E-state index in [-0.39, 0.29) is 11.8 Å². The summed E-state index contributed by atoms with van der Waals surface area (Å²) in [5.74, 6) is 5.40. The standard InChI is InChI=1S/C15H19F3N2O/c16-15(17,18)21-13-9-7-12(8-10-13)14(20-19)11-5-3-1-2-4-6-11/h5,7-10,14,20H,1-4,6,19H2. The molecule has 3 nitrogen and oxygen atoms in total. The Morgan fingerprint density at radius 1 is 1.10 bits per heavy atom. The number of hydrogen-bond acceptors (Lipinski definition) is 3. The zero-order valence-electron chi connectivity index (χ0n) is 11.6. The molecule has 0 saturated heterocycles. The molecule has 0 aliphatic heterocycles. The fourth-order valence-electron chi connectivity index (χ4n) is 2.58. The Morgan fingerprint density at radius 2 is 1.81 bits per heavy atom. The minimum atomic E-state index is -4.67. The molecular weight excluding hydrogens is 281 g/mol. The summed E-state index contributed by atoms with van der Waals surface area (Å²) in [5.41, 5.74) is 4.78. The van der Waals surface area contributed by atoms with Gasteiger partial charge in [0.25, 0.3) is 0 Å². The third kappa shape index (κ3) is 4.75. The van der Waals surface area contributed by atoms with Crippen LogP contribution in [0.3, 0.4) is 0 Å². The van der Waals surface area contributed by atoms with E-state index >= 15 is 0 Å². The van der Waals surface area contributed by atoms with Gasteiger partial charge in [-0.2, -0.15) is 0 Å². The van der Waals surface area contributed by atoms with Crippen molar-refractivity contribution in [1.29, 1.82) is 0 Å². The third-order valence-electron chi connectivity index (χ3n) is 3.56. The van der Waals surface area contributed by atoms with Gasteiger partial charge in [0.05, 0.1) is 6.04 Å². The molecule has 116 valence electrons. The van der Waals surface area contributed by atoms with Gasteiger partial charge in [0.2, 0.25) is 0 Å². The first-order valence-electron chi connectivity index (χ1n) is 7.00. The molecule has 1 aromatic carbocycles. The number of rotatable bonds is 4. The van der Waals surface area contributed by atoms with Crippen LogP contribution in [0.25, 0.3) is 0 Å². The lowest BCUT2D eigenvalue weighted by atomic mass is 9.95. The minimum absolute atomic E-state index is 0.164. The molecule has 21 heavy (non-hydrogen) atoms. The van der Waals surface area contributed by atoms with Crippen LogP contribution in [0.5, 0.6) is 5.75 Å². The van der Waals surface area contributed by atoms with Crippen molar-refractivity contribution in [3.05, 3.63) is 41.5 Å². The number of alkyl halides is 3. The quantitative estimate of drug-likeness (QED) is 0.502. The molecule has 2 rings (SSSR count). The first-order chi connectivity index (χ1) is 9.99. The van der Waals surface area contributed by atoms with Crippen molar-refractivity contribution in [3.63, 3.8) is 0 Å². The smallest absolute Gasteiger partial charge is 0.406 e. The zero-order chi connectivity index (χ0) is 15.3. The SMILES string of the molecule is NNC(C1=CCCCCC1)c1ccc(OC(F)(F)F)cc1. The Morgan fingerprint density at radius 3 is 2.43 bits per heavy atom. The van der Waals surface area contributed by atoms with Crippen LogP contribution in [0.1, 0.15) is 43.7 Å². The second kappa shape index (κ2) is 6.95. The van der Waals surface area contributed by atoms with E-state index in [0.29, 0.717) is 0 Å². The van der Waals surface area contributed by atoms with E-state index in [2.05, 4.69) is 16.2 Å². The maximum atomic E-state index is 12.1. The second-order valence-electron chi connectivity index (χ2n) is 5.09. The van der Waals surface area contributed by atoms with Crippen molar-refractivity contribution in [2.75, 3.05) is 0 Å². The average Bonchev–Trinajstić information content (AvgIpc) is 2.69. The Labute approximate surface area is 121 Å². The Kier molecular flexibility index (Phi) is 5.25. The van der Waals surface area contributed by atoms with Gasteiger partial charge in [0.15, 0.2) is 0 Å². The molecular formula is C15H19F3N2O. The van der Waals surface area contributed by atoms with Gasteiger partial charge in [-0.1, -0.05) is 30.2 Å². The number of halogens is 3. The third-order valence-corrected chi connectivity index (χ3v) is 3.56. The van der Waals surface area contributed by atoms with E-state index in [1.807, 2.05) is 0 Å². The molecule has 1 atom stereocenters. The highest BCUT2D eigenvalue weighted by molar-refractivity contribution is 5.33. The summed E-state index contributed by atoms with van der Waals surface area (Å²) in [5, 5.41) is 0. The van der Waals surface area contributed by atoms with E-state index in [1.165, 1.54) is 30.5 Å². The Hall–Kier alpha value is -1.53. The second-order valence-corrected chi connectivity index (χ2v) is 5.09. The van der Waals surface area contributed by atoms with Crippen LogP contribution >= 0.6 is 0 Å². The molecule has 0 spiro atoms. The van der Waals surface area contributed by atoms with Crippen LogP contribution in [0.15, 0.2) is 35.9 Å². The molecule has 1 aliphatic carbocycles. The minimum Gasteiger partial charge on any atom is -0.406 e. The van der Waals surface area contributed by atoms with Crippen molar-refractivity contribution in [1.82, 2.24) is 5.43 Å². The average molecular weight is 300 g/mol. The predicted octanol–water partition coefficient (Wildman–Crippen LogP) is 3.98. The van der Waals surface area contributed by atoms with E-state index < -0.39 is 6.36 Å². The highest BCUT2D eigenvalue weighted by Gasteiger charge is 2.31. The first-order valence-corrected chi connectivity index (χ1v) is 7.00. The van der Waals surface area contributed by atoms with Gasteiger partial charge in [-0.25, -0.2) is 5.43 Å². The maximum absolute atomic E-state index is 12.1. The van der Waals surface area contributed by atoms with Gasteiger partial charge < -0.3 is 4.74 Å². The Balaban J connectivity index is 2.13. The Bertz CT molecular complexity index is 483. The van der Waals surface area contributed by atoms with Crippen LogP contribution in [0.2, 0.25) is 0 Å². The summed E-state index contributed by atoms with van der Waals surface area (Å²) in [6.07, 6.45) is 2.95. The first kappa shape index (κ1) is 15.9. The number of nitrogens with one attached hydrogen (secondary N) is 1. The van der Waals surface area contributed by atoms with Crippen LogP contribution in [0.4, 0.5) is 13.2 Å². The van der Waals surface area contributed by atoms with Crippen molar-refractivity contribution in [3.8, 4) is 5.75 Å². The van der Waals surface area contributed by atoms with Gasteiger partial charge >= 0.3 is 6.36 Å². The lowest BCUT2D eigenvalue weighted by Crippen LogP contribution is -2.29.